The number of anilines is 2. The Morgan fingerprint density at radius 2 is 1.68 bits per heavy atom. The van der Waals surface area contributed by atoms with Crippen LogP contribution in [-0.4, -0.2) is 36.2 Å². The molecule has 1 aliphatic carbocycles. The topological polar surface area (TPSA) is 78.5 Å². The monoisotopic (exact) mass is 419 g/mol. The smallest absolute Gasteiger partial charge is 0.256 e. The molecule has 0 aliphatic heterocycles. The van der Waals surface area contributed by atoms with E-state index in [-0.39, 0.29) is 18.4 Å². The van der Waals surface area contributed by atoms with Crippen molar-refractivity contribution < 1.29 is 18.8 Å². The van der Waals surface area contributed by atoms with E-state index < -0.39 is 17.6 Å². The lowest BCUT2D eigenvalue weighted by Gasteiger charge is -2.20. The molecule has 0 saturated heterocycles. The molecule has 6 nitrogen and oxygen atoms in total. The van der Waals surface area contributed by atoms with E-state index in [0.717, 1.165) is 23.6 Å². The third kappa shape index (κ3) is 4.88. The van der Waals surface area contributed by atoms with Gasteiger partial charge in [-0.25, -0.2) is 4.39 Å². The molecule has 3 amide bonds. The lowest BCUT2D eigenvalue weighted by atomic mass is 10.0. The van der Waals surface area contributed by atoms with Crippen LogP contribution in [0.3, 0.4) is 0 Å². The predicted octanol–water partition coefficient (Wildman–Crippen LogP) is 4.04. The van der Waals surface area contributed by atoms with Crippen molar-refractivity contribution in [2.24, 2.45) is 5.92 Å². The van der Waals surface area contributed by atoms with Crippen molar-refractivity contribution >= 4 is 39.9 Å². The summed E-state index contributed by atoms with van der Waals surface area (Å²) >= 11 is 0. The number of hydrogen-bond donors (Lipinski definition) is 2. The first kappa shape index (κ1) is 20.5. The number of likely N-dealkylation sites (N-methyl/N-ethyl adjacent to an activating group) is 1. The van der Waals surface area contributed by atoms with E-state index in [9.17, 15) is 18.8 Å². The Labute approximate surface area is 179 Å². The van der Waals surface area contributed by atoms with Crippen LogP contribution in [0.2, 0.25) is 0 Å². The Morgan fingerprint density at radius 1 is 0.968 bits per heavy atom. The lowest BCUT2D eigenvalue weighted by molar-refractivity contribution is -0.117. The van der Waals surface area contributed by atoms with Crippen LogP contribution in [0, 0.1) is 11.7 Å². The number of carbonyl (C=O) groups is 3. The molecule has 1 aliphatic rings. The van der Waals surface area contributed by atoms with Gasteiger partial charge in [-0.15, -0.1) is 0 Å². The normalized spacial score (nSPS) is 13.0. The minimum Gasteiger partial charge on any atom is -0.332 e. The van der Waals surface area contributed by atoms with E-state index in [4.69, 9.17) is 0 Å². The zero-order valence-electron chi connectivity index (χ0n) is 17.0. The van der Waals surface area contributed by atoms with Gasteiger partial charge in [0.15, 0.2) is 0 Å². The second kappa shape index (κ2) is 8.55. The van der Waals surface area contributed by atoms with E-state index in [1.54, 1.807) is 18.2 Å². The van der Waals surface area contributed by atoms with Gasteiger partial charge in [-0.3, -0.25) is 14.4 Å². The summed E-state index contributed by atoms with van der Waals surface area (Å²) in [5.74, 6) is -1.42. The summed E-state index contributed by atoms with van der Waals surface area (Å²) in [5, 5.41) is 7.20. The van der Waals surface area contributed by atoms with Gasteiger partial charge in [-0.1, -0.05) is 30.3 Å². The maximum absolute atomic E-state index is 13.3. The van der Waals surface area contributed by atoms with Gasteiger partial charge in [0.1, 0.15) is 5.82 Å². The molecule has 1 saturated carbocycles. The van der Waals surface area contributed by atoms with Gasteiger partial charge in [-0.05, 0) is 53.9 Å². The van der Waals surface area contributed by atoms with Gasteiger partial charge < -0.3 is 15.5 Å². The Balaban J connectivity index is 1.54. The van der Waals surface area contributed by atoms with E-state index in [1.807, 2.05) is 24.3 Å². The molecule has 0 aromatic heterocycles. The zero-order valence-corrected chi connectivity index (χ0v) is 17.0. The molecule has 1 fully saturated rings. The maximum atomic E-state index is 13.3. The quantitative estimate of drug-likeness (QED) is 0.633. The van der Waals surface area contributed by atoms with Crippen LogP contribution in [0.5, 0.6) is 0 Å². The molecule has 0 unspecified atom stereocenters. The van der Waals surface area contributed by atoms with Crippen molar-refractivity contribution in [1.82, 2.24) is 4.90 Å². The Bertz CT molecular complexity index is 1170. The number of amides is 3. The molecule has 3 aromatic rings. The molecule has 2 N–H and O–H groups in total. The predicted molar refractivity (Wildman–Crippen MR) is 117 cm³/mol. The third-order valence-electron chi connectivity index (χ3n) is 5.16. The van der Waals surface area contributed by atoms with E-state index in [1.165, 1.54) is 30.1 Å². The first-order valence-corrected chi connectivity index (χ1v) is 10.1. The molecular weight excluding hydrogens is 397 g/mol. The van der Waals surface area contributed by atoms with Crippen molar-refractivity contribution in [2.45, 2.75) is 12.8 Å². The highest BCUT2D eigenvalue weighted by molar-refractivity contribution is 6.09. The van der Waals surface area contributed by atoms with Crippen LogP contribution in [-0.2, 0) is 9.59 Å². The van der Waals surface area contributed by atoms with Crippen LogP contribution < -0.4 is 10.6 Å². The molecular formula is C24H22FN3O3. The number of rotatable bonds is 6. The highest BCUT2D eigenvalue weighted by atomic mass is 19.1. The molecule has 31 heavy (non-hydrogen) atoms. The van der Waals surface area contributed by atoms with Crippen molar-refractivity contribution in [1.29, 1.82) is 0 Å². The minimum absolute atomic E-state index is 0.0100. The number of nitrogens with one attached hydrogen (secondary N) is 2. The van der Waals surface area contributed by atoms with E-state index in [2.05, 4.69) is 10.6 Å². The van der Waals surface area contributed by atoms with Gasteiger partial charge in [0.2, 0.25) is 11.8 Å². The fourth-order valence-electron chi connectivity index (χ4n) is 3.36. The average Bonchev–Trinajstić information content (AvgIpc) is 3.58. The van der Waals surface area contributed by atoms with Gasteiger partial charge in [0.25, 0.3) is 5.91 Å². The second-order valence-corrected chi connectivity index (χ2v) is 7.73. The van der Waals surface area contributed by atoms with Crippen molar-refractivity contribution in [3.63, 3.8) is 0 Å². The molecule has 0 spiro atoms. The van der Waals surface area contributed by atoms with Crippen molar-refractivity contribution in [2.75, 3.05) is 24.2 Å². The number of halogens is 1. The molecule has 0 atom stereocenters. The highest BCUT2D eigenvalue weighted by Gasteiger charge is 2.30. The zero-order chi connectivity index (χ0) is 22.0. The standard InChI is InChI=1S/C24H22FN3O3/c1-28(14-22(29)26-19-8-4-7-18(25)13-19)24(31)20-11-16-5-2-3-6-17(16)12-21(20)27-23(30)15-9-10-15/h2-8,11-13,15H,9-10,14H2,1H3,(H,26,29)(H,27,30). The summed E-state index contributed by atoms with van der Waals surface area (Å²) in [6, 6.07) is 16.6. The van der Waals surface area contributed by atoms with Gasteiger partial charge in [0, 0.05) is 18.7 Å². The number of carbonyl (C=O) groups excluding carboxylic acids is 3. The van der Waals surface area contributed by atoms with Gasteiger partial charge >= 0.3 is 0 Å². The average molecular weight is 419 g/mol. The number of hydrogen-bond acceptors (Lipinski definition) is 3. The second-order valence-electron chi connectivity index (χ2n) is 7.73. The molecule has 0 bridgehead atoms. The fraction of sp³-hybridized carbons (Fsp3) is 0.208. The first-order chi connectivity index (χ1) is 14.9. The number of benzene rings is 3. The molecule has 4 rings (SSSR count). The van der Waals surface area contributed by atoms with Crippen molar-refractivity contribution in [3.05, 3.63) is 72.0 Å². The van der Waals surface area contributed by atoms with Crippen LogP contribution >= 0.6 is 0 Å². The van der Waals surface area contributed by atoms with E-state index in [0.29, 0.717) is 16.9 Å². The highest BCUT2D eigenvalue weighted by Crippen LogP contribution is 2.32. The first-order valence-electron chi connectivity index (χ1n) is 10.1. The Kier molecular flexibility index (Phi) is 5.66. The molecule has 0 radical (unpaired) electrons. The van der Waals surface area contributed by atoms with Crippen LogP contribution in [0.25, 0.3) is 10.8 Å². The Hall–Kier alpha value is -3.74. The summed E-state index contributed by atoms with van der Waals surface area (Å²) in [5.41, 5.74) is 1.06. The SMILES string of the molecule is CN(CC(=O)Nc1cccc(F)c1)C(=O)c1cc2ccccc2cc1NC(=O)C1CC1. The molecule has 3 aromatic carbocycles. The molecule has 158 valence electrons. The summed E-state index contributed by atoms with van der Waals surface area (Å²) in [4.78, 5) is 39.1. The van der Waals surface area contributed by atoms with Crippen LogP contribution in [0.4, 0.5) is 15.8 Å². The minimum atomic E-state index is -0.463. The van der Waals surface area contributed by atoms with Gasteiger partial charge in [0.05, 0.1) is 17.8 Å². The fourth-order valence-corrected chi connectivity index (χ4v) is 3.36. The molecule has 0 heterocycles. The molecule has 7 heteroatoms. The summed E-state index contributed by atoms with van der Waals surface area (Å²) in [6.45, 7) is -0.224. The van der Waals surface area contributed by atoms with Crippen molar-refractivity contribution in [3.8, 4) is 0 Å². The van der Waals surface area contributed by atoms with Crippen LogP contribution in [0.1, 0.15) is 23.2 Å². The number of fused-ring (bicyclic) bond motifs is 1. The lowest BCUT2D eigenvalue weighted by Crippen LogP contribution is -2.35. The third-order valence-corrected chi connectivity index (χ3v) is 5.16. The summed E-state index contributed by atoms with van der Waals surface area (Å²) in [7, 11) is 1.51. The van der Waals surface area contributed by atoms with Gasteiger partial charge in [-0.2, -0.15) is 0 Å². The largest absolute Gasteiger partial charge is 0.332 e. The summed E-state index contributed by atoms with van der Waals surface area (Å²) in [6.07, 6.45) is 1.70. The van der Waals surface area contributed by atoms with Crippen LogP contribution in [0.15, 0.2) is 60.7 Å². The summed E-state index contributed by atoms with van der Waals surface area (Å²) < 4.78 is 13.3. The maximum Gasteiger partial charge on any atom is 0.256 e. The number of nitrogens with zero attached hydrogens (tertiary/aromatic N) is 1. The Morgan fingerprint density at radius 3 is 2.35 bits per heavy atom. The van der Waals surface area contributed by atoms with E-state index >= 15 is 0 Å².